The Hall–Kier alpha value is -2.17. The molecule has 0 spiro atoms. The standard InChI is InChI=1S/C20H22N4O3S3/c1-13(19(25)14-5-7-15(8-6-14)23-30(2,26)27)29-20-22-21-18(24(20)16-9-10-16)12-17-4-3-11-28-17/h3-8,11,13,16,23H,9-10,12H2,1-2H3/t13-/m1/s1. The number of aromatic nitrogens is 3. The van der Waals surface area contributed by atoms with Gasteiger partial charge in [-0.25, -0.2) is 8.42 Å². The van der Waals surface area contributed by atoms with Crippen molar-refractivity contribution < 1.29 is 13.2 Å². The van der Waals surface area contributed by atoms with E-state index in [1.807, 2.05) is 13.0 Å². The number of thioether (sulfide) groups is 1. The van der Waals surface area contributed by atoms with Crippen LogP contribution in [0.3, 0.4) is 0 Å². The highest BCUT2D eigenvalue weighted by Gasteiger charge is 2.31. The van der Waals surface area contributed by atoms with E-state index >= 15 is 0 Å². The Kier molecular flexibility index (Phi) is 5.99. The number of ketones is 1. The number of hydrogen-bond acceptors (Lipinski definition) is 7. The molecule has 1 atom stereocenters. The first kappa shape index (κ1) is 21.1. The van der Waals surface area contributed by atoms with Crippen molar-refractivity contribution in [2.24, 2.45) is 0 Å². The van der Waals surface area contributed by atoms with Crippen molar-refractivity contribution in [3.63, 3.8) is 0 Å². The molecule has 10 heteroatoms. The molecule has 1 aliphatic rings. The van der Waals surface area contributed by atoms with E-state index in [0.29, 0.717) is 17.3 Å². The first-order valence-corrected chi connectivity index (χ1v) is 13.2. The molecule has 1 fully saturated rings. The van der Waals surface area contributed by atoms with Crippen molar-refractivity contribution in [3.8, 4) is 0 Å². The number of carbonyl (C=O) groups excluding carboxylic acids is 1. The Morgan fingerprint density at radius 3 is 2.60 bits per heavy atom. The number of rotatable bonds is 9. The van der Waals surface area contributed by atoms with E-state index in [2.05, 4.69) is 30.9 Å². The summed E-state index contributed by atoms with van der Waals surface area (Å²) in [5.41, 5.74) is 0.964. The molecule has 158 valence electrons. The number of thiophene rings is 1. The molecule has 1 N–H and O–H groups in total. The van der Waals surface area contributed by atoms with Crippen LogP contribution in [-0.4, -0.2) is 40.5 Å². The van der Waals surface area contributed by atoms with E-state index in [-0.39, 0.29) is 11.0 Å². The van der Waals surface area contributed by atoms with Crippen molar-refractivity contribution >= 4 is 44.6 Å². The number of carbonyl (C=O) groups is 1. The van der Waals surface area contributed by atoms with Gasteiger partial charge in [-0.2, -0.15) is 0 Å². The molecule has 2 heterocycles. The smallest absolute Gasteiger partial charge is 0.229 e. The fourth-order valence-electron chi connectivity index (χ4n) is 3.14. The molecule has 0 saturated heterocycles. The lowest BCUT2D eigenvalue weighted by Gasteiger charge is -2.13. The average molecular weight is 463 g/mol. The lowest BCUT2D eigenvalue weighted by atomic mass is 10.1. The van der Waals surface area contributed by atoms with Gasteiger partial charge in [-0.05, 0) is 55.5 Å². The summed E-state index contributed by atoms with van der Waals surface area (Å²) in [6, 6.07) is 11.0. The van der Waals surface area contributed by atoms with Gasteiger partial charge in [0.2, 0.25) is 10.0 Å². The zero-order chi connectivity index (χ0) is 21.3. The summed E-state index contributed by atoms with van der Waals surface area (Å²) < 4.78 is 27.2. The van der Waals surface area contributed by atoms with Gasteiger partial charge in [0.1, 0.15) is 5.82 Å². The Bertz CT molecular complexity index is 1130. The molecule has 1 aromatic carbocycles. The second kappa shape index (κ2) is 8.52. The van der Waals surface area contributed by atoms with Gasteiger partial charge >= 0.3 is 0 Å². The number of nitrogens with zero attached hydrogens (tertiary/aromatic N) is 3. The molecule has 3 aromatic rings. The minimum atomic E-state index is -3.35. The Morgan fingerprint density at radius 2 is 2.00 bits per heavy atom. The summed E-state index contributed by atoms with van der Waals surface area (Å²) in [4.78, 5) is 14.1. The quantitative estimate of drug-likeness (QED) is 0.382. The predicted molar refractivity (Wildman–Crippen MR) is 120 cm³/mol. The topological polar surface area (TPSA) is 93.9 Å². The first-order chi connectivity index (χ1) is 14.3. The summed E-state index contributed by atoms with van der Waals surface area (Å²) >= 11 is 3.12. The van der Waals surface area contributed by atoms with E-state index in [4.69, 9.17) is 0 Å². The molecule has 0 unspecified atom stereocenters. The Labute approximate surface area is 184 Å². The van der Waals surface area contributed by atoms with E-state index in [0.717, 1.165) is 36.5 Å². The highest BCUT2D eigenvalue weighted by Crippen LogP contribution is 2.40. The molecule has 0 aliphatic heterocycles. The van der Waals surface area contributed by atoms with Crippen LogP contribution in [-0.2, 0) is 16.4 Å². The van der Waals surface area contributed by atoms with Crippen LogP contribution in [0.25, 0.3) is 0 Å². The minimum Gasteiger partial charge on any atom is -0.303 e. The van der Waals surface area contributed by atoms with Gasteiger partial charge in [0, 0.05) is 28.6 Å². The van der Waals surface area contributed by atoms with Crippen molar-refractivity contribution in [1.29, 1.82) is 0 Å². The van der Waals surface area contributed by atoms with Crippen molar-refractivity contribution in [1.82, 2.24) is 14.8 Å². The Balaban J connectivity index is 1.47. The minimum absolute atomic E-state index is 0.0314. The second-order valence-corrected chi connectivity index (χ2v) is 11.4. The third-order valence-corrected chi connectivity index (χ3v) is 7.22. The van der Waals surface area contributed by atoms with Crippen molar-refractivity contribution in [3.05, 3.63) is 58.0 Å². The van der Waals surface area contributed by atoms with E-state index in [1.54, 1.807) is 35.6 Å². The number of anilines is 1. The van der Waals surface area contributed by atoms with Gasteiger partial charge in [0.05, 0.1) is 11.5 Å². The number of sulfonamides is 1. The van der Waals surface area contributed by atoms with Crippen LogP contribution in [0.15, 0.2) is 46.9 Å². The van der Waals surface area contributed by atoms with E-state index in [1.165, 1.54) is 16.6 Å². The number of benzene rings is 1. The molecule has 2 aromatic heterocycles. The lowest BCUT2D eigenvalue weighted by molar-refractivity contribution is 0.0994. The normalized spacial score (nSPS) is 15.1. The van der Waals surface area contributed by atoms with Crippen LogP contribution in [0.4, 0.5) is 5.69 Å². The van der Waals surface area contributed by atoms with Gasteiger partial charge in [-0.3, -0.25) is 9.52 Å². The molecule has 4 rings (SSSR count). The molecule has 30 heavy (non-hydrogen) atoms. The SMILES string of the molecule is C[C@@H](Sc1nnc(Cc2cccs2)n1C1CC1)C(=O)c1ccc(NS(C)(=O)=O)cc1. The highest BCUT2D eigenvalue weighted by molar-refractivity contribution is 8.00. The van der Waals surface area contributed by atoms with Crippen LogP contribution < -0.4 is 4.72 Å². The summed E-state index contributed by atoms with van der Waals surface area (Å²) in [7, 11) is -3.35. The maximum Gasteiger partial charge on any atom is 0.229 e. The Morgan fingerprint density at radius 1 is 1.27 bits per heavy atom. The fraction of sp³-hybridized carbons (Fsp3) is 0.350. The fourth-order valence-corrected chi connectivity index (χ4v) is 5.42. The molecule has 1 aliphatic carbocycles. The van der Waals surface area contributed by atoms with Crippen LogP contribution >= 0.6 is 23.1 Å². The van der Waals surface area contributed by atoms with Crippen LogP contribution in [0, 0.1) is 0 Å². The van der Waals surface area contributed by atoms with Crippen molar-refractivity contribution in [2.45, 2.75) is 42.6 Å². The molecule has 0 amide bonds. The van der Waals surface area contributed by atoms with Crippen molar-refractivity contribution in [2.75, 3.05) is 11.0 Å². The predicted octanol–water partition coefficient (Wildman–Crippen LogP) is 4.00. The zero-order valence-corrected chi connectivity index (χ0v) is 19.1. The maximum atomic E-state index is 12.9. The third kappa shape index (κ3) is 5.11. The summed E-state index contributed by atoms with van der Waals surface area (Å²) in [5.74, 6) is 0.911. The lowest BCUT2D eigenvalue weighted by Crippen LogP contribution is -2.15. The zero-order valence-electron chi connectivity index (χ0n) is 16.6. The van der Waals surface area contributed by atoms with Gasteiger partial charge in [-0.1, -0.05) is 17.8 Å². The number of Topliss-reactive ketones (excluding diaryl/α,β-unsaturated/α-hetero) is 1. The van der Waals surface area contributed by atoms with E-state index < -0.39 is 10.0 Å². The molecule has 1 saturated carbocycles. The first-order valence-electron chi connectivity index (χ1n) is 9.55. The molecular formula is C20H22N4O3S3. The summed E-state index contributed by atoms with van der Waals surface area (Å²) in [5, 5.41) is 11.3. The molecule has 7 nitrogen and oxygen atoms in total. The molecule has 0 radical (unpaired) electrons. The highest BCUT2D eigenvalue weighted by atomic mass is 32.2. The van der Waals surface area contributed by atoms with Gasteiger partial charge in [0.25, 0.3) is 0 Å². The summed E-state index contributed by atoms with van der Waals surface area (Å²) in [6.45, 7) is 1.86. The average Bonchev–Trinajstić information content (AvgIpc) is 3.24. The third-order valence-electron chi connectivity index (χ3n) is 4.68. The van der Waals surface area contributed by atoms with E-state index in [9.17, 15) is 13.2 Å². The largest absolute Gasteiger partial charge is 0.303 e. The molecule has 0 bridgehead atoms. The number of hydrogen-bond donors (Lipinski definition) is 1. The summed E-state index contributed by atoms with van der Waals surface area (Å²) in [6.07, 6.45) is 4.06. The second-order valence-electron chi connectivity index (χ2n) is 7.33. The van der Waals surface area contributed by atoms with Gasteiger partial charge in [0.15, 0.2) is 10.9 Å². The van der Waals surface area contributed by atoms with Crippen LogP contribution in [0.2, 0.25) is 0 Å². The molecular weight excluding hydrogens is 440 g/mol. The maximum absolute atomic E-state index is 12.9. The monoisotopic (exact) mass is 462 g/mol. The van der Waals surface area contributed by atoms with Gasteiger partial charge < -0.3 is 4.57 Å². The van der Waals surface area contributed by atoms with Crippen LogP contribution in [0.5, 0.6) is 0 Å². The van der Waals surface area contributed by atoms with Gasteiger partial charge in [-0.15, -0.1) is 21.5 Å². The van der Waals surface area contributed by atoms with Crippen LogP contribution in [0.1, 0.15) is 46.9 Å². The number of nitrogens with one attached hydrogen (secondary N) is 1.